The van der Waals surface area contributed by atoms with Gasteiger partial charge in [0.15, 0.2) is 0 Å². The van der Waals surface area contributed by atoms with Gasteiger partial charge < -0.3 is 15.7 Å². The molecule has 1 rings (SSSR count). The molecule has 1 heterocycles. The Hall–Kier alpha value is -1.36. The smallest absolute Gasteiger partial charge is 0.224 e. The molecule has 1 aromatic heterocycles. The van der Waals surface area contributed by atoms with E-state index in [4.69, 9.17) is 5.11 Å². The number of aliphatic hydroxyl groups excluding tert-OH is 1. The molecule has 5 nitrogen and oxygen atoms in total. The van der Waals surface area contributed by atoms with Crippen LogP contribution in [0.5, 0.6) is 0 Å². The zero-order valence-corrected chi connectivity index (χ0v) is 11.5. The van der Waals surface area contributed by atoms with Crippen LogP contribution in [0.1, 0.15) is 40.0 Å². The summed E-state index contributed by atoms with van der Waals surface area (Å²) in [6.07, 6.45) is 4.40. The van der Waals surface area contributed by atoms with Crippen molar-refractivity contribution in [2.75, 3.05) is 23.8 Å². The normalized spacial score (nSPS) is 14.0. The maximum absolute atomic E-state index is 9.10. The third-order valence-corrected chi connectivity index (χ3v) is 3.06. The minimum absolute atomic E-state index is 0.134. The maximum atomic E-state index is 9.10. The van der Waals surface area contributed by atoms with Gasteiger partial charge in [0.05, 0.1) is 0 Å². The summed E-state index contributed by atoms with van der Waals surface area (Å²) in [5, 5.41) is 15.6. The highest BCUT2D eigenvalue weighted by Crippen LogP contribution is 2.20. The average molecular weight is 252 g/mol. The maximum Gasteiger partial charge on any atom is 0.224 e. The van der Waals surface area contributed by atoms with Gasteiger partial charge in [-0.1, -0.05) is 13.8 Å². The summed E-state index contributed by atoms with van der Waals surface area (Å²) in [6, 6.07) is 1.85. The minimum Gasteiger partial charge on any atom is -0.396 e. The predicted octanol–water partition coefficient (Wildman–Crippen LogP) is 2.26. The molecular formula is C13H24N4O. The Balaban J connectivity index is 2.71. The van der Waals surface area contributed by atoms with Gasteiger partial charge in [-0.3, -0.25) is 0 Å². The molecule has 102 valence electrons. The van der Waals surface area contributed by atoms with Crippen molar-refractivity contribution in [2.24, 2.45) is 0 Å². The van der Waals surface area contributed by atoms with Crippen LogP contribution in [0.4, 0.5) is 11.8 Å². The number of anilines is 2. The van der Waals surface area contributed by atoms with Gasteiger partial charge in [-0.05, 0) is 32.3 Å². The van der Waals surface area contributed by atoms with Gasteiger partial charge in [0.25, 0.3) is 0 Å². The van der Waals surface area contributed by atoms with Crippen molar-refractivity contribution in [1.82, 2.24) is 9.97 Å². The summed E-state index contributed by atoms with van der Waals surface area (Å²) < 4.78 is 0. The fourth-order valence-electron chi connectivity index (χ4n) is 1.63. The molecule has 0 aliphatic rings. The molecule has 0 bridgehead atoms. The van der Waals surface area contributed by atoms with Gasteiger partial charge in [0.1, 0.15) is 5.82 Å². The van der Waals surface area contributed by atoms with E-state index in [1.54, 1.807) is 6.20 Å². The molecule has 1 aromatic rings. The van der Waals surface area contributed by atoms with Gasteiger partial charge in [0.2, 0.25) is 5.95 Å². The second-order valence-corrected chi connectivity index (χ2v) is 4.71. The van der Waals surface area contributed by atoms with E-state index in [-0.39, 0.29) is 12.1 Å². The number of rotatable bonds is 8. The van der Waals surface area contributed by atoms with Crippen molar-refractivity contribution >= 4 is 11.8 Å². The Labute approximate surface area is 109 Å². The summed E-state index contributed by atoms with van der Waals surface area (Å²) in [6.45, 7) is 7.32. The standard InChI is InChI=1S/C13H24N4O/c1-4-8-14-12-15-9-6-11(16-12)17-13(3,5-2)7-10-18/h6,9,18H,4-5,7-8,10H2,1-3H3,(H2,14,15,16,17). The highest BCUT2D eigenvalue weighted by molar-refractivity contribution is 5.41. The third kappa shape index (κ3) is 4.49. The molecule has 0 amide bonds. The fourth-order valence-corrected chi connectivity index (χ4v) is 1.63. The number of nitrogens with one attached hydrogen (secondary N) is 2. The number of nitrogens with zero attached hydrogens (tertiary/aromatic N) is 2. The van der Waals surface area contributed by atoms with E-state index in [1.807, 2.05) is 6.07 Å². The first-order valence-electron chi connectivity index (χ1n) is 6.59. The molecule has 0 aliphatic heterocycles. The highest BCUT2D eigenvalue weighted by Gasteiger charge is 2.21. The van der Waals surface area contributed by atoms with Crippen molar-refractivity contribution in [3.05, 3.63) is 12.3 Å². The fraction of sp³-hybridized carbons (Fsp3) is 0.692. The number of hydrogen-bond donors (Lipinski definition) is 3. The van der Waals surface area contributed by atoms with Crippen molar-refractivity contribution in [2.45, 2.75) is 45.6 Å². The zero-order valence-electron chi connectivity index (χ0n) is 11.5. The molecule has 0 spiro atoms. The topological polar surface area (TPSA) is 70.1 Å². The van der Waals surface area contributed by atoms with Crippen LogP contribution in [0.2, 0.25) is 0 Å². The molecule has 3 N–H and O–H groups in total. The molecule has 1 unspecified atom stereocenters. The molecule has 0 saturated carbocycles. The average Bonchev–Trinajstić information content (AvgIpc) is 2.37. The first kappa shape index (κ1) is 14.7. The first-order chi connectivity index (χ1) is 8.63. The Morgan fingerprint density at radius 2 is 2.17 bits per heavy atom. The van der Waals surface area contributed by atoms with E-state index >= 15 is 0 Å². The number of aliphatic hydroxyl groups is 1. The summed E-state index contributed by atoms with van der Waals surface area (Å²) in [5.74, 6) is 1.44. The van der Waals surface area contributed by atoms with Crippen LogP contribution in [0.25, 0.3) is 0 Å². The van der Waals surface area contributed by atoms with Gasteiger partial charge in [0, 0.05) is 24.9 Å². The molecule has 5 heteroatoms. The molecule has 0 saturated heterocycles. The Kier molecular flexibility index (Phi) is 5.85. The highest BCUT2D eigenvalue weighted by atomic mass is 16.3. The van der Waals surface area contributed by atoms with Crippen LogP contribution in [0, 0.1) is 0 Å². The van der Waals surface area contributed by atoms with Gasteiger partial charge in [-0.15, -0.1) is 0 Å². The van der Waals surface area contributed by atoms with E-state index < -0.39 is 0 Å². The number of aromatic nitrogens is 2. The zero-order chi connectivity index (χ0) is 13.4. The van der Waals surface area contributed by atoms with E-state index in [2.05, 4.69) is 41.4 Å². The van der Waals surface area contributed by atoms with Crippen LogP contribution >= 0.6 is 0 Å². The lowest BCUT2D eigenvalue weighted by Gasteiger charge is -2.29. The van der Waals surface area contributed by atoms with Crippen molar-refractivity contribution in [3.63, 3.8) is 0 Å². The molecule has 0 fully saturated rings. The molecule has 0 aliphatic carbocycles. The van der Waals surface area contributed by atoms with Gasteiger partial charge >= 0.3 is 0 Å². The van der Waals surface area contributed by atoms with E-state index in [1.165, 1.54) is 0 Å². The Morgan fingerprint density at radius 3 is 2.78 bits per heavy atom. The van der Waals surface area contributed by atoms with Gasteiger partial charge in [-0.25, -0.2) is 4.98 Å². The van der Waals surface area contributed by atoms with Crippen LogP contribution in [-0.2, 0) is 0 Å². The molecule has 0 aromatic carbocycles. The lowest BCUT2D eigenvalue weighted by atomic mass is 9.95. The molecule has 18 heavy (non-hydrogen) atoms. The third-order valence-electron chi connectivity index (χ3n) is 3.06. The van der Waals surface area contributed by atoms with E-state index in [0.717, 1.165) is 25.2 Å². The van der Waals surface area contributed by atoms with E-state index in [9.17, 15) is 0 Å². The summed E-state index contributed by atoms with van der Waals surface area (Å²) in [4.78, 5) is 8.58. The quantitative estimate of drug-likeness (QED) is 0.662. The monoisotopic (exact) mass is 252 g/mol. The Bertz CT molecular complexity index is 359. The van der Waals surface area contributed by atoms with Crippen molar-refractivity contribution in [3.8, 4) is 0 Å². The largest absolute Gasteiger partial charge is 0.396 e. The Morgan fingerprint density at radius 1 is 1.39 bits per heavy atom. The van der Waals surface area contributed by atoms with Crippen LogP contribution in [0.3, 0.4) is 0 Å². The first-order valence-corrected chi connectivity index (χ1v) is 6.59. The molecular weight excluding hydrogens is 228 g/mol. The number of hydrogen-bond acceptors (Lipinski definition) is 5. The van der Waals surface area contributed by atoms with Crippen molar-refractivity contribution in [1.29, 1.82) is 0 Å². The predicted molar refractivity (Wildman–Crippen MR) is 74.8 cm³/mol. The minimum atomic E-state index is -0.134. The summed E-state index contributed by atoms with van der Waals surface area (Å²) >= 11 is 0. The van der Waals surface area contributed by atoms with Crippen LogP contribution in [-0.4, -0.2) is 33.8 Å². The van der Waals surface area contributed by atoms with Gasteiger partial charge in [-0.2, -0.15) is 4.98 Å². The van der Waals surface area contributed by atoms with Crippen molar-refractivity contribution < 1.29 is 5.11 Å². The van der Waals surface area contributed by atoms with Crippen LogP contribution < -0.4 is 10.6 Å². The second-order valence-electron chi connectivity index (χ2n) is 4.71. The molecule has 0 radical (unpaired) electrons. The van der Waals surface area contributed by atoms with E-state index in [0.29, 0.717) is 12.4 Å². The summed E-state index contributed by atoms with van der Waals surface area (Å²) in [7, 11) is 0. The summed E-state index contributed by atoms with van der Waals surface area (Å²) in [5.41, 5.74) is -0.134. The SMILES string of the molecule is CCCNc1nccc(NC(C)(CC)CCO)n1. The second kappa shape index (κ2) is 7.16. The van der Waals surface area contributed by atoms with Crippen LogP contribution in [0.15, 0.2) is 12.3 Å². The lowest BCUT2D eigenvalue weighted by Crippen LogP contribution is -2.35. The lowest BCUT2D eigenvalue weighted by molar-refractivity contribution is 0.252. The molecule has 1 atom stereocenters.